The molecule has 0 aromatic heterocycles. The molecule has 11 nitrogen and oxygen atoms in total. The first-order chi connectivity index (χ1) is 19.9. The van der Waals surface area contributed by atoms with E-state index in [2.05, 4.69) is 22.6 Å². The van der Waals surface area contributed by atoms with Gasteiger partial charge in [0.1, 0.15) is 0 Å². The largest absolute Gasteiger partial charge is 0.379 e. The van der Waals surface area contributed by atoms with E-state index in [1.807, 2.05) is 6.92 Å². The lowest BCUT2D eigenvalue weighted by atomic mass is 10.2. The SMILES string of the molecule is CCOCCOCCOCCOCCOCCOCCOCCOCCOCCOCCOCCCCCCI. The monoisotopic (exact) mass is 696 g/mol. The van der Waals surface area contributed by atoms with Crippen molar-refractivity contribution in [1.82, 2.24) is 0 Å². The Bertz CT molecular complexity index is 401. The average Bonchev–Trinajstić information content (AvgIpc) is 2.97. The molecule has 0 saturated carbocycles. The van der Waals surface area contributed by atoms with E-state index in [4.69, 9.17) is 52.1 Å². The number of hydrogen-bond acceptors (Lipinski definition) is 11. The maximum absolute atomic E-state index is 5.55. The fraction of sp³-hybridized carbons (Fsp3) is 1.00. The number of hydrogen-bond donors (Lipinski definition) is 0. The van der Waals surface area contributed by atoms with E-state index in [1.54, 1.807) is 0 Å². The van der Waals surface area contributed by atoms with Crippen LogP contribution in [0.25, 0.3) is 0 Å². The predicted octanol–water partition coefficient (Wildman–Crippen LogP) is 3.18. The third-order valence-corrected chi connectivity index (χ3v) is 5.86. The van der Waals surface area contributed by atoms with Gasteiger partial charge >= 0.3 is 0 Å². The van der Waals surface area contributed by atoms with Crippen molar-refractivity contribution >= 4 is 22.6 Å². The van der Waals surface area contributed by atoms with Gasteiger partial charge in [-0.05, 0) is 24.2 Å². The second-order valence-electron chi connectivity index (χ2n) is 8.42. The Hall–Kier alpha value is 0.290. The summed E-state index contributed by atoms with van der Waals surface area (Å²) < 4.78 is 61.1. The molecule has 0 fully saturated rings. The summed E-state index contributed by atoms with van der Waals surface area (Å²) in [4.78, 5) is 0. The minimum absolute atomic E-state index is 0.527. The fourth-order valence-corrected chi connectivity index (χ4v) is 3.54. The van der Waals surface area contributed by atoms with Gasteiger partial charge in [0.25, 0.3) is 0 Å². The van der Waals surface area contributed by atoms with Crippen molar-refractivity contribution in [3.05, 3.63) is 0 Å². The third-order valence-electron chi connectivity index (χ3n) is 5.10. The van der Waals surface area contributed by atoms with Crippen molar-refractivity contribution in [2.75, 3.05) is 150 Å². The van der Waals surface area contributed by atoms with E-state index < -0.39 is 0 Å². The molecule has 0 unspecified atom stereocenters. The summed E-state index contributed by atoms with van der Waals surface area (Å²) >= 11 is 2.42. The van der Waals surface area contributed by atoms with Gasteiger partial charge in [-0.3, -0.25) is 0 Å². The van der Waals surface area contributed by atoms with Crippen molar-refractivity contribution in [2.45, 2.75) is 32.6 Å². The molecule has 0 bridgehead atoms. The first-order valence-electron chi connectivity index (χ1n) is 14.8. The van der Waals surface area contributed by atoms with Gasteiger partial charge in [-0.25, -0.2) is 0 Å². The van der Waals surface area contributed by atoms with Crippen molar-refractivity contribution in [1.29, 1.82) is 0 Å². The Morgan fingerprint density at radius 1 is 0.275 bits per heavy atom. The first kappa shape index (κ1) is 40.3. The lowest BCUT2D eigenvalue weighted by molar-refractivity contribution is -0.0274. The maximum Gasteiger partial charge on any atom is 0.0701 e. The summed E-state index contributed by atoms with van der Waals surface area (Å²) in [5.41, 5.74) is 0. The predicted molar refractivity (Wildman–Crippen MR) is 162 cm³/mol. The van der Waals surface area contributed by atoms with Crippen molar-refractivity contribution < 1.29 is 52.1 Å². The third kappa shape index (κ3) is 38.3. The minimum atomic E-state index is 0.527. The standard InChI is InChI=1S/C28H57IO11/c1-2-30-9-10-32-13-14-34-17-18-36-21-22-38-25-26-40-28-27-39-24-23-37-20-19-35-16-15-33-12-11-31-8-6-4-3-5-7-29/h2-28H2,1H3. The molecule has 12 heteroatoms. The Labute approximate surface area is 256 Å². The van der Waals surface area contributed by atoms with Crippen LogP contribution in [-0.4, -0.2) is 150 Å². The van der Waals surface area contributed by atoms with Crippen LogP contribution in [0.2, 0.25) is 0 Å². The highest BCUT2D eigenvalue weighted by Gasteiger charge is 1.96. The smallest absolute Gasteiger partial charge is 0.0701 e. The van der Waals surface area contributed by atoms with E-state index in [1.165, 1.54) is 23.7 Å². The summed E-state index contributed by atoms with van der Waals surface area (Å²) in [6.07, 6.45) is 4.99. The quantitative estimate of drug-likeness (QED) is 0.0544. The highest BCUT2D eigenvalue weighted by molar-refractivity contribution is 14.1. The zero-order chi connectivity index (χ0) is 28.9. The van der Waals surface area contributed by atoms with Crippen LogP contribution in [0.3, 0.4) is 0 Å². The molecule has 0 aliphatic rings. The van der Waals surface area contributed by atoms with Crippen LogP contribution < -0.4 is 0 Å². The van der Waals surface area contributed by atoms with Crippen molar-refractivity contribution in [2.24, 2.45) is 0 Å². The minimum Gasteiger partial charge on any atom is -0.379 e. The molecule has 0 aliphatic heterocycles. The Morgan fingerprint density at radius 3 is 0.750 bits per heavy atom. The van der Waals surface area contributed by atoms with E-state index >= 15 is 0 Å². The highest BCUT2D eigenvalue weighted by atomic mass is 127. The second kappa shape index (κ2) is 39.3. The van der Waals surface area contributed by atoms with Crippen LogP contribution in [0.15, 0.2) is 0 Å². The van der Waals surface area contributed by atoms with E-state index in [0.717, 1.165) is 13.0 Å². The van der Waals surface area contributed by atoms with Crippen molar-refractivity contribution in [3.8, 4) is 0 Å². The Morgan fingerprint density at radius 2 is 0.500 bits per heavy atom. The van der Waals surface area contributed by atoms with Crippen LogP contribution in [0, 0.1) is 0 Å². The molecule has 0 rings (SSSR count). The van der Waals surface area contributed by atoms with Crippen LogP contribution in [0.5, 0.6) is 0 Å². The molecule has 0 spiro atoms. The molecule has 0 amide bonds. The molecule has 0 aromatic rings. The molecule has 0 atom stereocenters. The second-order valence-corrected chi connectivity index (χ2v) is 9.50. The number of halogens is 1. The first-order valence-corrected chi connectivity index (χ1v) is 16.4. The Kier molecular flexibility index (Phi) is 39.6. The lowest BCUT2D eigenvalue weighted by Gasteiger charge is -2.09. The van der Waals surface area contributed by atoms with Crippen LogP contribution in [0.4, 0.5) is 0 Å². The molecular weight excluding hydrogens is 639 g/mol. The van der Waals surface area contributed by atoms with E-state index in [0.29, 0.717) is 139 Å². The molecule has 0 aliphatic carbocycles. The van der Waals surface area contributed by atoms with Gasteiger partial charge in [0.05, 0.1) is 132 Å². The van der Waals surface area contributed by atoms with Gasteiger partial charge in [0, 0.05) is 13.2 Å². The van der Waals surface area contributed by atoms with E-state index in [-0.39, 0.29) is 0 Å². The number of ether oxygens (including phenoxy) is 11. The zero-order valence-electron chi connectivity index (χ0n) is 25.0. The van der Waals surface area contributed by atoms with Gasteiger partial charge in [0.2, 0.25) is 0 Å². The Balaban J connectivity index is 3.01. The zero-order valence-corrected chi connectivity index (χ0v) is 27.1. The molecule has 242 valence electrons. The van der Waals surface area contributed by atoms with Gasteiger partial charge in [0.15, 0.2) is 0 Å². The van der Waals surface area contributed by atoms with Gasteiger partial charge in [-0.2, -0.15) is 0 Å². The van der Waals surface area contributed by atoms with Crippen molar-refractivity contribution in [3.63, 3.8) is 0 Å². The molecule has 0 aromatic carbocycles. The molecule has 0 N–H and O–H groups in total. The van der Waals surface area contributed by atoms with Gasteiger partial charge in [-0.1, -0.05) is 35.4 Å². The fourth-order valence-electron chi connectivity index (χ4n) is 3.00. The maximum atomic E-state index is 5.55. The highest BCUT2D eigenvalue weighted by Crippen LogP contribution is 2.02. The molecule has 40 heavy (non-hydrogen) atoms. The number of unbranched alkanes of at least 4 members (excludes halogenated alkanes) is 3. The van der Waals surface area contributed by atoms with Crippen LogP contribution in [0.1, 0.15) is 32.6 Å². The topological polar surface area (TPSA) is 102 Å². The molecule has 0 radical (unpaired) electrons. The normalized spacial score (nSPS) is 11.6. The average molecular weight is 697 g/mol. The number of rotatable bonds is 37. The van der Waals surface area contributed by atoms with Gasteiger partial charge in [-0.15, -0.1) is 0 Å². The van der Waals surface area contributed by atoms with Crippen LogP contribution in [-0.2, 0) is 52.1 Å². The molecule has 0 saturated heterocycles. The lowest BCUT2D eigenvalue weighted by Crippen LogP contribution is -2.15. The van der Waals surface area contributed by atoms with E-state index in [9.17, 15) is 0 Å². The van der Waals surface area contributed by atoms with Crippen LogP contribution >= 0.6 is 22.6 Å². The summed E-state index contributed by atoms with van der Waals surface area (Å²) in [5, 5.41) is 0. The number of alkyl halides is 1. The van der Waals surface area contributed by atoms with Gasteiger partial charge < -0.3 is 52.1 Å². The summed E-state index contributed by atoms with van der Waals surface area (Å²) in [6, 6.07) is 0. The summed E-state index contributed by atoms with van der Waals surface area (Å²) in [7, 11) is 0. The molecule has 0 heterocycles. The summed E-state index contributed by atoms with van der Waals surface area (Å²) in [6.45, 7) is 14.6. The molecular formula is C28H57IO11. The summed E-state index contributed by atoms with van der Waals surface area (Å²) in [5.74, 6) is 0.